The van der Waals surface area contributed by atoms with Gasteiger partial charge >= 0.3 is 0 Å². The highest BCUT2D eigenvalue weighted by atomic mass is 16.3. The van der Waals surface area contributed by atoms with Gasteiger partial charge in [0.15, 0.2) is 5.96 Å². The molecule has 0 atom stereocenters. The van der Waals surface area contributed by atoms with Crippen molar-refractivity contribution in [1.29, 1.82) is 0 Å². The fourth-order valence-corrected chi connectivity index (χ4v) is 2.24. The van der Waals surface area contributed by atoms with Crippen LogP contribution in [0.4, 0.5) is 0 Å². The van der Waals surface area contributed by atoms with Crippen molar-refractivity contribution in [1.82, 2.24) is 20.9 Å². The maximum absolute atomic E-state index is 11.9. The highest BCUT2D eigenvalue weighted by Crippen LogP contribution is 2.18. The van der Waals surface area contributed by atoms with Crippen LogP contribution in [0.3, 0.4) is 0 Å². The van der Waals surface area contributed by atoms with E-state index >= 15 is 0 Å². The molecule has 0 saturated heterocycles. The van der Waals surface area contributed by atoms with Gasteiger partial charge in [0.05, 0.1) is 18.8 Å². The van der Waals surface area contributed by atoms with E-state index in [0.717, 1.165) is 11.3 Å². The Kier molecular flexibility index (Phi) is 6.38. The number of carbonyl (C=O) groups excluding carboxylic acids is 1. The summed E-state index contributed by atoms with van der Waals surface area (Å²) in [4.78, 5) is 20.4. The first-order valence-electron chi connectivity index (χ1n) is 8.54. The minimum atomic E-state index is -0.261. The lowest BCUT2D eigenvalue weighted by Crippen LogP contribution is -2.48. The Morgan fingerprint density at radius 1 is 1.19 bits per heavy atom. The number of aliphatic imine (C=N–C) groups is 1. The number of hydrogen-bond donors (Lipinski definition) is 3. The van der Waals surface area contributed by atoms with Gasteiger partial charge in [0.2, 0.25) is 11.8 Å². The topological polar surface area (TPSA) is 91.5 Å². The van der Waals surface area contributed by atoms with Crippen LogP contribution in [0.2, 0.25) is 0 Å². The first-order valence-corrected chi connectivity index (χ1v) is 8.54. The number of nitrogens with one attached hydrogen (secondary N) is 3. The third-order valence-electron chi connectivity index (χ3n) is 3.44. The molecule has 140 valence electrons. The van der Waals surface area contributed by atoms with Gasteiger partial charge in [-0.2, -0.15) is 0 Å². The van der Waals surface area contributed by atoms with Gasteiger partial charge < -0.3 is 20.4 Å². The van der Waals surface area contributed by atoms with Crippen molar-refractivity contribution in [2.24, 2.45) is 4.99 Å². The fraction of sp³-hybridized carbons (Fsp3) is 0.421. The molecule has 0 bridgehead atoms. The van der Waals surface area contributed by atoms with Crippen LogP contribution in [0.1, 0.15) is 32.0 Å². The smallest absolute Gasteiger partial charge is 0.239 e. The normalized spacial score (nSPS) is 12.0. The van der Waals surface area contributed by atoms with Crippen molar-refractivity contribution in [2.75, 3.05) is 13.6 Å². The second-order valence-corrected chi connectivity index (χ2v) is 7.09. The molecule has 0 unspecified atom stereocenters. The summed E-state index contributed by atoms with van der Waals surface area (Å²) in [7, 11) is 1.65. The SMILES string of the molecule is CN=C(NCC(=O)NC(C)(C)C)NCc1coc(-c2ccc(C)cc2)n1. The van der Waals surface area contributed by atoms with E-state index in [-0.39, 0.29) is 18.0 Å². The van der Waals surface area contributed by atoms with E-state index in [1.807, 2.05) is 52.0 Å². The molecule has 0 aliphatic carbocycles. The summed E-state index contributed by atoms with van der Waals surface area (Å²) in [5.74, 6) is 1.01. The number of amides is 1. The van der Waals surface area contributed by atoms with Gasteiger partial charge in [-0.3, -0.25) is 9.79 Å². The lowest BCUT2D eigenvalue weighted by atomic mass is 10.1. The van der Waals surface area contributed by atoms with E-state index in [1.165, 1.54) is 5.56 Å². The molecule has 26 heavy (non-hydrogen) atoms. The van der Waals surface area contributed by atoms with Crippen LogP contribution in [-0.4, -0.2) is 36.0 Å². The fourth-order valence-electron chi connectivity index (χ4n) is 2.24. The second-order valence-electron chi connectivity index (χ2n) is 7.09. The third kappa shape index (κ3) is 6.23. The molecule has 1 heterocycles. The second kappa shape index (κ2) is 8.51. The molecule has 0 fully saturated rings. The quantitative estimate of drug-likeness (QED) is 0.564. The Hall–Kier alpha value is -2.83. The highest BCUT2D eigenvalue weighted by Gasteiger charge is 2.14. The molecule has 3 N–H and O–H groups in total. The Labute approximate surface area is 154 Å². The first kappa shape index (κ1) is 19.5. The monoisotopic (exact) mass is 357 g/mol. The van der Waals surface area contributed by atoms with E-state index in [9.17, 15) is 4.79 Å². The minimum Gasteiger partial charge on any atom is -0.444 e. The number of rotatable bonds is 5. The van der Waals surface area contributed by atoms with E-state index in [1.54, 1.807) is 13.3 Å². The summed E-state index contributed by atoms with van der Waals surface area (Å²) in [6.45, 7) is 8.44. The van der Waals surface area contributed by atoms with Crippen LogP contribution in [0.25, 0.3) is 11.5 Å². The Balaban J connectivity index is 1.85. The van der Waals surface area contributed by atoms with Gasteiger partial charge in [0.25, 0.3) is 0 Å². The molecule has 7 heteroatoms. The molecule has 0 aliphatic heterocycles. The van der Waals surface area contributed by atoms with Crippen molar-refractivity contribution in [2.45, 2.75) is 39.8 Å². The summed E-state index contributed by atoms with van der Waals surface area (Å²) >= 11 is 0. The molecular formula is C19H27N5O2. The van der Waals surface area contributed by atoms with Crippen molar-refractivity contribution in [3.8, 4) is 11.5 Å². The first-order chi connectivity index (χ1) is 12.3. The standard InChI is InChI=1S/C19H27N5O2/c1-13-6-8-14(9-7-13)17-23-15(12-26-17)10-21-18(20-5)22-11-16(25)24-19(2,3)4/h6-9,12H,10-11H2,1-5H3,(H,24,25)(H2,20,21,22). The predicted molar refractivity (Wildman–Crippen MR) is 103 cm³/mol. The molecule has 2 aromatic rings. The molecule has 0 radical (unpaired) electrons. The molecule has 7 nitrogen and oxygen atoms in total. The van der Waals surface area contributed by atoms with Gasteiger partial charge in [0, 0.05) is 18.2 Å². The van der Waals surface area contributed by atoms with Crippen LogP contribution < -0.4 is 16.0 Å². The zero-order chi connectivity index (χ0) is 19.2. The van der Waals surface area contributed by atoms with Gasteiger partial charge in [-0.05, 0) is 39.8 Å². The predicted octanol–water partition coefficient (Wildman–Crippen LogP) is 2.23. The Morgan fingerprint density at radius 2 is 1.88 bits per heavy atom. The zero-order valence-electron chi connectivity index (χ0n) is 16.0. The van der Waals surface area contributed by atoms with Crippen LogP contribution in [0, 0.1) is 6.92 Å². The molecular weight excluding hydrogens is 330 g/mol. The zero-order valence-corrected chi connectivity index (χ0v) is 16.0. The van der Waals surface area contributed by atoms with Crippen molar-refractivity contribution >= 4 is 11.9 Å². The molecule has 0 aliphatic rings. The van der Waals surface area contributed by atoms with Gasteiger partial charge in [0.1, 0.15) is 6.26 Å². The van der Waals surface area contributed by atoms with Crippen LogP contribution in [-0.2, 0) is 11.3 Å². The maximum Gasteiger partial charge on any atom is 0.239 e. The van der Waals surface area contributed by atoms with Crippen molar-refractivity contribution < 1.29 is 9.21 Å². The van der Waals surface area contributed by atoms with Crippen LogP contribution in [0.15, 0.2) is 39.9 Å². The number of benzene rings is 1. The highest BCUT2D eigenvalue weighted by molar-refractivity contribution is 5.86. The summed E-state index contributed by atoms with van der Waals surface area (Å²) in [5, 5.41) is 8.98. The lowest BCUT2D eigenvalue weighted by Gasteiger charge is -2.21. The van der Waals surface area contributed by atoms with Gasteiger partial charge in [-0.25, -0.2) is 4.98 Å². The van der Waals surface area contributed by atoms with Crippen molar-refractivity contribution in [3.63, 3.8) is 0 Å². The molecule has 0 saturated carbocycles. The van der Waals surface area contributed by atoms with E-state index in [0.29, 0.717) is 18.4 Å². The van der Waals surface area contributed by atoms with Crippen LogP contribution in [0.5, 0.6) is 0 Å². The average Bonchev–Trinajstić information content (AvgIpc) is 3.03. The summed E-state index contributed by atoms with van der Waals surface area (Å²) in [6, 6.07) is 8.00. The number of guanidine groups is 1. The van der Waals surface area contributed by atoms with E-state index < -0.39 is 0 Å². The average molecular weight is 357 g/mol. The summed E-state index contributed by atoms with van der Waals surface area (Å²) < 4.78 is 5.53. The summed E-state index contributed by atoms with van der Waals surface area (Å²) in [6.07, 6.45) is 1.61. The Morgan fingerprint density at radius 3 is 2.50 bits per heavy atom. The number of nitrogens with zero attached hydrogens (tertiary/aromatic N) is 2. The van der Waals surface area contributed by atoms with Crippen molar-refractivity contribution in [3.05, 3.63) is 41.8 Å². The van der Waals surface area contributed by atoms with E-state index in [4.69, 9.17) is 4.42 Å². The molecule has 0 spiro atoms. The molecule has 1 amide bonds. The number of aryl methyl sites for hydroxylation is 1. The molecule has 1 aromatic carbocycles. The number of hydrogen-bond acceptors (Lipinski definition) is 4. The number of carbonyl (C=O) groups is 1. The number of aromatic nitrogens is 1. The van der Waals surface area contributed by atoms with Gasteiger partial charge in [-0.1, -0.05) is 17.7 Å². The number of oxazole rings is 1. The minimum absolute atomic E-state index is 0.0939. The van der Waals surface area contributed by atoms with Gasteiger partial charge in [-0.15, -0.1) is 0 Å². The van der Waals surface area contributed by atoms with E-state index in [2.05, 4.69) is 25.9 Å². The summed E-state index contributed by atoms with van der Waals surface area (Å²) in [5.41, 5.74) is 2.61. The van der Waals surface area contributed by atoms with Crippen LogP contribution >= 0.6 is 0 Å². The largest absolute Gasteiger partial charge is 0.444 e. The third-order valence-corrected chi connectivity index (χ3v) is 3.44. The maximum atomic E-state index is 11.9. The molecule has 1 aromatic heterocycles. The Bertz CT molecular complexity index is 757. The lowest BCUT2D eigenvalue weighted by molar-refractivity contribution is -0.121. The molecule has 2 rings (SSSR count).